The summed E-state index contributed by atoms with van der Waals surface area (Å²) in [5, 5.41) is 4.19. The van der Waals surface area contributed by atoms with Gasteiger partial charge in [-0.05, 0) is 29.3 Å². The molecule has 2 heterocycles. The molecule has 1 aliphatic rings. The Morgan fingerprint density at radius 1 is 1.24 bits per heavy atom. The summed E-state index contributed by atoms with van der Waals surface area (Å²) >= 11 is 5.92. The number of hydrogen-bond donors (Lipinski definition) is 1. The van der Waals surface area contributed by atoms with Gasteiger partial charge in [0, 0.05) is 43.0 Å². The minimum absolute atomic E-state index is 0.786. The molecule has 1 aliphatic heterocycles. The Kier molecular flexibility index (Phi) is 2.69. The van der Waals surface area contributed by atoms with Crippen molar-refractivity contribution in [3.8, 4) is 11.3 Å². The Hall–Kier alpha value is -1.25. The molecule has 1 aromatic heterocycles. The van der Waals surface area contributed by atoms with E-state index in [1.54, 1.807) is 0 Å². The fraction of sp³-hybridized carbons (Fsp3) is 0.286. The Morgan fingerprint density at radius 2 is 2.00 bits per heavy atom. The summed E-state index contributed by atoms with van der Waals surface area (Å²) in [7, 11) is 2.15. The second-order valence-corrected chi connectivity index (χ2v) is 4.93. The van der Waals surface area contributed by atoms with Crippen molar-refractivity contribution in [3.63, 3.8) is 0 Å². The second-order valence-electron chi connectivity index (χ2n) is 4.49. The summed E-state index contributed by atoms with van der Waals surface area (Å²) in [5.74, 6) is 0. The van der Waals surface area contributed by atoms with Gasteiger partial charge in [0.15, 0.2) is 0 Å². The zero-order valence-electron chi connectivity index (χ0n) is 9.83. The highest BCUT2D eigenvalue weighted by Crippen LogP contribution is 2.27. The number of hydrogen-bond acceptors (Lipinski definition) is 1. The quantitative estimate of drug-likeness (QED) is 0.819. The van der Waals surface area contributed by atoms with E-state index in [2.05, 4.69) is 35.1 Å². The lowest BCUT2D eigenvalue weighted by atomic mass is 10.1. The molecule has 1 N–H and O–H groups in total. The fourth-order valence-corrected chi connectivity index (χ4v) is 2.64. The number of benzene rings is 1. The Bertz CT molecular complexity index is 540. The number of nitrogens with zero attached hydrogens (tertiary/aromatic N) is 1. The third-order valence-electron chi connectivity index (χ3n) is 3.44. The van der Waals surface area contributed by atoms with Gasteiger partial charge in [0.1, 0.15) is 0 Å². The van der Waals surface area contributed by atoms with E-state index < -0.39 is 0 Å². The average molecular weight is 247 g/mol. The van der Waals surface area contributed by atoms with Crippen LogP contribution in [0.4, 0.5) is 0 Å². The van der Waals surface area contributed by atoms with Crippen molar-refractivity contribution in [1.82, 2.24) is 9.88 Å². The van der Waals surface area contributed by atoms with Crippen molar-refractivity contribution < 1.29 is 0 Å². The van der Waals surface area contributed by atoms with E-state index in [1.807, 2.05) is 12.1 Å². The predicted octanol–water partition coefficient (Wildman–Crippen LogP) is 2.99. The van der Waals surface area contributed by atoms with Crippen molar-refractivity contribution in [2.75, 3.05) is 6.54 Å². The number of aromatic nitrogens is 1. The zero-order chi connectivity index (χ0) is 11.8. The number of nitrogens with one attached hydrogen (secondary N) is 1. The first kappa shape index (κ1) is 10.9. The molecular formula is C14H15ClN2. The lowest BCUT2D eigenvalue weighted by molar-refractivity contribution is 0.619. The van der Waals surface area contributed by atoms with Gasteiger partial charge in [0.2, 0.25) is 0 Å². The largest absolute Gasteiger partial charge is 0.347 e. The molecule has 0 amide bonds. The molecule has 0 saturated heterocycles. The van der Waals surface area contributed by atoms with Crippen molar-refractivity contribution >= 4 is 11.6 Å². The highest BCUT2D eigenvalue weighted by atomic mass is 35.5. The van der Waals surface area contributed by atoms with Crippen LogP contribution in [0.3, 0.4) is 0 Å². The van der Waals surface area contributed by atoms with E-state index in [1.165, 1.54) is 22.5 Å². The summed E-state index contributed by atoms with van der Waals surface area (Å²) in [6.07, 6.45) is 1.11. The summed E-state index contributed by atoms with van der Waals surface area (Å²) in [4.78, 5) is 0. The molecule has 0 unspecified atom stereocenters. The molecule has 2 aromatic rings. The van der Waals surface area contributed by atoms with Crippen LogP contribution in [0.2, 0.25) is 5.02 Å². The van der Waals surface area contributed by atoms with Crippen LogP contribution in [-0.4, -0.2) is 11.1 Å². The van der Waals surface area contributed by atoms with E-state index in [0.717, 1.165) is 24.5 Å². The smallest absolute Gasteiger partial charge is 0.0483 e. The summed E-state index contributed by atoms with van der Waals surface area (Å²) < 4.78 is 2.30. The maximum absolute atomic E-state index is 5.92. The first-order valence-electron chi connectivity index (χ1n) is 5.90. The van der Waals surface area contributed by atoms with Crippen LogP contribution in [0.5, 0.6) is 0 Å². The first-order chi connectivity index (χ1) is 8.25. The fourth-order valence-electron chi connectivity index (χ4n) is 2.51. The van der Waals surface area contributed by atoms with Gasteiger partial charge in [0.05, 0.1) is 0 Å². The van der Waals surface area contributed by atoms with E-state index in [9.17, 15) is 0 Å². The van der Waals surface area contributed by atoms with Gasteiger partial charge in [-0.3, -0.25) is 0 Å². The molecule has 17 heavy (non-hydrogen) atoms. The summed E-state index contributed by atoms with van der Waals surface area (Å²) in [5.41, 5.74) is 5.37. The maximum atomic E-state index is 5.92. The van der Waals surface area contributed by atoms with E-state index in [4.69, 9.17) is 11.6 Å². The van der Waals surface area contributed by atoms with Gasteiger partial charge in [-0.1, -0.05) is 23.7 Å². The molecule has 0 radical (unpaired) electrons. The van der Waals surface area contributed by atoms with Gasteiger partial charge in [-0.15, -0.1) is 0 Å². The van der Waals surface area contributed by atoms with E-state index in [0.29, 0.717) is 0 Å². The predicted molar refractivity (Wildman–Crippen MR) is 71.3 cm³/mol. The Morgan fingerprint density at radius 3 is 2.71 bits per heavy atom. The molecule has 3 heteroatoms. The molecule has 3 rings (SSSR count). The SMILES string of the molecule is Cn1c(-c2ccc(Cl)cc2)cc2c1CCNC2. The van der Waals surface area contributed by atoms with Crippen LogP contribution in [-0.2, 0) is 20.0 Å². The zero-order valence-corrected chi connectivity index (χ0v) is 10.6. The summed E-state index contributed by atoms with van der Waals surface area (Å²) in [6.45, 7) is 2.06. The normalized spacial score (nSPS) is 14.7. The molecule has 2 nitrogen and oxygen atoms in total. The summed E-state index contributed by atoms with van der Waals surface area (Å²) in [6, 6.07) is 10.3. The van der Waals surface area contributed by atoms with Gasteiger partial charge >= 0.3 is 0 Å². The molecule has 0 spiro atoms. The molecule has 0 atom stereocenters. The third-order valence-corrected chi connectivity index (χ3v) is 3.69. The molecule has 0 aliphatic carbocycles. The minimum Gasteiger partial charge on any atom is -0.347 e. The van der Waals surface area contributed by atoms with Gasteiger partial charge in [-0.2, -0.15) is 0 Å². The number of fused-ring (bicyclic) bond motifs is 1. The average Bonchev–Trinajstić information content (AvgIpc) is 2.69. The van der Waals surface area contributed by atoms with Gasteiger partial charge < -0.3 is 9.88 Å². The lowest BCUT2D eigenvalue weighted by Gasteiger charge is -2.14. The van der Waals surface area contributed by atoms with E-state index in [-0.39, 0.29) is 0 Å². The van der Waals surface area contributed by atoms with Crippen LogP contribution in [0.15, 0.2) is 30.3 Å². The second kappa shape index (κ2) is 4.21. The molecule has 1 aromatic carbocycles. The standard InChI is InChI=1S/C14H15ClN2/c1-17-13-6-7-16-9-11(13)8-14(17)10-2-4-12(15)5-3-10/h2-5,8,16H,6-7,9H2,1H3. The molecule has 0 bridgehead atoms. The van der Waals surface area contributed by atoms with Crippen molar-refractivity contribution in [2.45, 2.75) is 13.0 Å². The van der Waals surface area contributed by atoms with Crippen molar-refractivity contribution in [1.29, 1.82) is 0 Å². The van der Waals surface area contributed by atoms with Gasteiger partial charge in [0.25, 0.3) is 0 Å². The first-order valence-corrected chi connectivity index (χ1v) is 6.27. The van der Waals surface area contributed by atoms with Crippen LogP contribution in [0.1, 0.15) is 11.3 Å². The third kappa shape index (κ3) is 1.88. The molecular weight excluding hydrogens is 232 g/mol. The van der Waals surface area contributed by atoms with Crippen LogP contribution in [0, 0.1) is 0 Å². The van der Waals surface area contributed by atoms with Crippen molar-refractivity contribution in [2.24, 2.45) is 7.05 Å². The molecule has 88 valence electrons. The molecule has 0 fully saturated rings. The number of halogens is 1. The maximum Gasteiger partial charge on any atom is 0.0483 e. The topological polar surface area (TPSA) is 17.0 Å². The minimum atomic E-state index is 0.786. The lowest BCUT2D eigenvalue weighted by Crippen LogP contribution is -2.24. The van der Waals surface area contributed by atoms with Crippen LogP contribution in [0.25, 0.3) is 11.3 Å². The number of rotatable bonds is 1. The van der Waals surface area contributed by atoms with Gasteiger partial charge in [-0.25, -0.2) is 0 Å². The highest BCUT2D eigenvalue weighted by molar-refractivity contribution is 6.30. The van der Waals surface area contributed by atoms with Crippen LogP contribution < -0.4 is 5.32 Å². The Labute approximate surface area is 106 Å². The van der Waals surface area contributed by atoms with Crippen LogP contribution >= 0.6 is 11.6 Å². The Balaban J connectivity index is 2.09. The van der Waals surface area contributed by atoms with E-state index >= 15 is 0 Å². The van der Waals surface area contributed by atoms with Crippen molar-refractivity contribution in [3.05, 3.63) is 46.6 Å². The molecule has 0 saturated carbocycles. The highest BCUT2D eigenvalue weighted by Gasteiger charge is 2.16. The monoisotopic (exact) mass is 246 g/mol.